The summed E-state index contributed by atoms with van der Waals surface area (Å²) in [5, 5.41) is 0. The van der Waals surface area contributed by atoms with E-state index in [9.17, 15) is 4.79 Å². The molecule has 5 aromatic carbocycles. The number of ether oxygens (including phenoxy) is 3. The number of anilines is 2. The molecular weight excluding hydrogens is 1010 g/mol. The average Bonchev–Trinajstić information content (AvgIpc) is 3.57. The van der Waals surface area contributed by atoms with Gasteiger partial charge in [-0.3, -0.25) is 0 Å². The summed E-state index contributed by atoms with van der Waals surface area (Å²) in [6, 6.07) is 33.5. The molecule has 6 rings (SSSR count). The minimum absolute atomic E-state index is 0.433. The van der Waals surface area contributed by atoms with Crippen LogP contribution in [0.4, 0.5) is 11.4 Å². The maximum absolute atomic E-state index is 14.5. The van der Waals surface area contributed by atoms with Gasteiger partial charge in [0, 0.05) is 61.0 Å². The lowest BCUT2D eigenvalue weighted by atomic mass is 9.83. The first-order valence-corrected chi connectivity index (χ1v) is 23.7. The van der Waals surface area contributed by atoms with Crippen molar-refractivity contribution in [3.05, 3.63) is 160 Å². The highest BCUT2D eigenvalue weighted by molar-refractivity contribution is 9.15. The summed E-state index contributed by atoms with van der Waals surface area (Å²) in [6.45, 7) is 12.8. The number of methoxy groups -OCH3 is 2. The van der Waals surface area contributed by atoms with Crippen molar-refractivity contribution >= 4 is 92.2 Å². The fraction of sp³-hybridized carbons (Fsp3) is 0.300. The predicted octanol–water partition coefficient (Wildman–Crippen LogP) is 14.6. The van der Waals surface area contributed by atoms with Gasteiger partial charge in [0.25, 0.3) is 0 Å². The van der Waals surface area contributed by atoms with Crippen LogP contribution >= 0.6 is 63.7 Å². The van der Waals surface area contributed by atoms with Crippen molar-refractivity contribution in [3.63, 3.8) is 0 Å². The zero-order valence-corrected chi connectivity index (χ0v) is 41.4. The van der Waals surface area contributed by atoms with E-state index in [0.29, 0.717) is 24.5 Å². The molecule has 0 fully saturated rings. The first kappa shape index (κ1) is 45.7. The van der Waals surface area contributed by atoms with Gasteiger partial charge in [0.2, 0.25) is 0 Å². The minimum Gasteiger partial charge on any atom is -0.497 e. The van der Waals surface area contributed by atoms with Crippen molar-refractivity contribution in [1.82, 2.24) is 0 Å². The first-order valence-electron chi connectivity index (χ1n) is 20.6. The van der Waals surface area contributed by atoms with Gasteiger partial charge >= 0.3 is 5.97 Å². The van der Waals surface area contributed by atoms with Crippen molar-refractivity contribution in [2.24, 2.45) is 0 Å². The molecule has 0 bridgehead atoms. The molecule has 1 aliphatic rings. The van der Waals surface area contributed by atoms with Crippen molar-refractivity contribution < 1.29 is 19.0 Å². The summed E-state index contributed by atoms with van der Waals surface area (Å²) in [5.74, 6) is 1.05. The molecule has 0 amide bonds. The Morgan fingerprint density at radius 1 is 0.533 bits per heavy atom. The Kier molecular flexibility index (Phi) is 15.9. The maximum atomic E-state index is 14.5. The van der Waals surface area contributed by atoms with Gasteiger partial charge < -0.3 is 24.0 Å². The molecule has 0 saturated carbocycles. The van der Waals surface area contributed by atoms with E-state index in [4.69, 9.17) is 14.2 Å². The van der Waals surface area contributed by atoms with E-state index in [1.54, 1.807) is 14.2 Å². The topological polar surface area (TPSA) is 51.2 Å². The molecule has 6 nitrogen and oxygen atoms in total. The number of esters is 1. The number of rotatable bonds is 18. The lowest BCUT2D eigenvalue weighted by molar-refractivity contribution is 0.0298. The molecule has 0 N–H and O–H groups in total. The molecule has 0 aromatic heterocycles. The van der Waals surface area contributed by atoms with Crippen LogP contribution in [0.3, 0.4) is 0 Å². The Bertz CT molecular complexity index is 2190. The second-order valence-corrected chi connectivity index (χ2v) is 18.0. The number of fused-ring (bicyclic) bond motifs is 1. The fourth-order valence-electron chi connectivity index (χ4n) is 7.85. The summed E-state index contributed by atoms with van der Waals surface area (Å²) in [4.78, 5) is 19.3. The van der Waals surface area contributed by atoms with Crippen LogP contribution in [-0.2, 0) is 10.3 Å². The highest BCUT2D eigenvalue weighted by atomic mass is 79.9. The van der Waals surface area contributed by atoms with Crippen LogP contribution < -0.4 is 19.3 Å². The molecule has 5 aromatic rings. The zero-order valence-electron chi connectivity index (χ0n) is 35.1. The number of benzene rings is 5. The smallest absolute Gasteiger partial charge is 0.341 e. The van der Waals surface area contributed by atoms with Crippen LogP contribution in [0, 0.1) is 0 Å². The molecule has 0 unspecified atom stereocenters. The van der Waals surface area contributed by atoms with Crippen molar-refractivity contribution in [3.8, 4) is 11.5 Å². The van der Waals surface area contributed by atoms with Crippen molar-refractivity contribution in [2.45, 2.75) is 59.0 Å². The number of hydrogen-bond acceptors (Lipinski definition) is 6. The highest BCUT2D eigenvalue weighted by Crippen LogP contribution is 2.54. The monoisotopic (exact) mass is 1060 g/mol. The Morgan fingerprint density at radius 2 is 0.867 bits per heavy atom. The Labute approximate surface area is 389 Å². The summed E-state index contributed by atoms with van der Waals surface area (Å²) in [7, 11) is 3.34. The third-order valence-corrected chi connectivity index (χ3v) is 15.5. The van der Waals surface area contributed by atoms with Crippen LogP contribution in [0.1, 0.15) is 91.6 Å². The molecular formula is C50H52Br4N2O4. The van der Waals surface area contributed by atoms with Gasteiger partial charge in [-0.1, -0.05) is 76.2 Å². The third kappa shape index (κ3) is 9.77. The van der Waals surface area contributed by atoms with Crippen LogP contribution in [0.15, 0.2) is 127 Å². The molecule has 0 saturated heterocycles. The first-order chi connectivity index (χ1) is 29.0. The summed E-state index contributed by atoms with van der Waals surface area (Å²) >= 11 is 15.2. The van der Waals surface area contributed by atoms with E-state index in [1.165, 1.54) is 11.4 Å². The number of nitrogens with zero attached hydrogens (tertiary/aromatic N) is 2. The lowest BCUT2D eigenvalue weighted by Crippen LogP contribution is -2.25. The molecule has 0 atom stereocenters. The molecule has 0 radical (unpaired) electrons. The van der Waals surface area contributed by atoms with Gasteiger partial charge in [-0.25, -0.2) is 4.79 Å². The molecule has 314 valence electrons. The van der Waals surface area contributed by atoms with Gasteiger partial charge in [0.05, 0.1) is 19.8 Å². The summed E-state index contributed by atoms with van der Waals surface area (Å²) < 4.78 is 20.8. The van der Waals surface area contributed by atoms with E-state index in [1.807, 2.05) is 24.3 Å². The van der Waals surface area contributed by atoms with E-state index >= 15 is 0 Å². The molecule has 0 spiro atoms. The van der Waals surface area contributed by atoms with Gasteiger partial charge in [0.1, 0.15) is 11.5 Å². The number of carbonyl (C=O) groups excluding carboxylic acids is 1. The number of carbonyl (C=O) groups is 1. The van der Waals surface area contributed by atoms with Gasteiger partial charge in [0.15, 0.2) is 5.60 Å². The van der Waals surface area contributed by atoms with E-state index < -0.39 is 11.6 Å². The normalized spacial score (nSPS) is 15.1. The van der Waals surface area contributed by atoms with E-state index in [0.717, 1.165) is 101 Å². The minimum atomic E-state index is -1.41. The highest BCUT2D eigenvalue weighted by Gasteiger charge is 2.48. The van der Waals surface area contributed by atoms with Crippen LogP contribution in [0.5, 0.6) is 11.5 Å². The molecule has 60 heavy (non-hydrogen) atoms. The third-order valence-electron chi connectivity index (χ3n) is 10.7. The van der Waals surface area contributed by atoms with E-state index in [-0.39, 0.29) is 0 Å². The Balaban J connectivity index is 1.69. The SMILES string of the molecule is CCCN(CCC)c1ccc(C(=CC2(C=C(c3ccc(OC)cc3)c3ccc(N(CCC)CCC)cc3)OC(=O)c3c(Br)c(Br)c(Br)c(Br)c32)c2ccc(OC)cc2)cc1. The van der Waals surface area contributed by atoms with E-state index in [2.05, 4.69) is 186 Å². The summed E-state index contributed by atoms with van der Waals surface area (Å²) in [5.41, 5.74) is 7.65. The van der Waals surface area contributed by atoms with Crippen LogP contribution in [-0.4, -0.2) is 46.4 Å². The van der Waals surface area contributed by atoms with Crippen molar-refractivity contribution in [2.75, 3.05) is 50.2 Å². The van der Waals surface area contributed by atoms with Crippen LogP contribution in [0.25, 0.3) is 11.1 Å². The Hall–Kier alpha value is -3.83. The number of cyclic esters (lactones) is 1. The second kappa shape index (κ2) is 20.8. The van der Waals surface area contributed by atoms with Crippen molar-refractivity contribution in [1.29, 1.82) is 0 Å². The quantitative estimate of drug-likeness (QED) is 0.0495. The molecule has 1 aliphatic heterocycles. The van der Waals surface area contributed by atoms with Gasteiger partial charge in [-0.05, 0) is 183 Å². The standard InChI is InChI=1S/C50H52Br4N2O4/c1-7-27-55(28-8-2)37-19-11-33(12-20-37)41(35-15-23-39(58-5)24-16-35)31-50(44-43(49(57)60-50)45(51)47(53)48(54)46(44)52)32-42(36-17-25-40(59-6)26-18-36)34-13-21-38(22-14-34)56(29-9-3)30-10-4/h11-26,31-32H,7-10,27-30H2,1-6H3. The largest absolute Gasteiger partial charge is 0.497 e. The number of hydrogen-bond donors (Lipinski definition) is 0. The second-order valence-electron chi connectivity index (χ2n) is 14.8. The molecule has 10 heteroatoms. The summed E-state index contributed by atoms with van der Waals surface area (Å²) in [6.07, 6.45) is 8.44. The van der Waals surface area contributed by atoms with Gasteiger partial charge in [-0.2, -0.15) is 0 Å². The zero-order chi connectivity index (χ0) is 43.0. The average molecular weight is 1060 g/mol. The predicted molar refractivity (Wildman–Crippen MR) is 263 cm³/mol. The molecule has 0 aliphatic carbocycles. The molecule has 1 heterocycles. The Morgan fingerprint density at radius 3 is 1.20 bits per heavy atom. The van der Waals surface area contributed by atoms with Gasteiger partial charge in [-0.15, -0.1) is 0 Å². The fourth-order valence-corrected chi connectivity index (χ4v) is 10.4. The lowest BCUT2D eigenvalue weighted by Gasteiger charge is -2.28. The number of halogens is 4. The van der Waals surface area contributed by atoms with Crippen LogP contribution in [0.2, 0.25) is 0 Å². The maximum Gasteiger partial charge on any atom is 0.341 e.